The maximum absolute atomic E-state index is 13.0. The van der Waals surface area contributed by atoms with E-state index in [-0.39, 0.29) is 28.4 Å². The smallest absolute Gasteiger partial charge is 0.166 e. The first-order chi connectivity index (χ1) is 11.8. The molecule has 2 radical (unpaired) electrons. The van der Waals surface area contributed by atoms with Crippen LogP contribution in [0.25, 0.3) is 0 Å². The second-order valence-corrected chi connectivity index (χ2v) is 9.20. The van der Waals surface area contributed by atoms with Gasteiger partial charge in [0.2, 0.25) is 0 Å². The molecule has 3 atom stereocenters. The first-order valence-electron chi connectivity index (χ1n) is 9.19. The zero-order chi connectivity index (χ0) is 20.9. The molecule has 0 saturated heterocycles. The molecule has 4 heteroatoms. The number of rotatable bonds is 4. The summed E-state index contributed by atoms with van der Waals surface area (Å²) in [5.74, 6) is 2.41. The Hall–Kier alpha value is -1.08. The van der Waals surface area contributed by atoms with Gasteiger partial charge in [0.1, 0.15) is 5.75 Å². The Morgan fingerprint density at radius 2 is 1.42 bits per heavy atom. The van der Waals surface area contributed by atoms with Gasteiger partial charge in [-0.25, -0.2) is 0 Å². The lowest BCUT2D eigenvalue weighted by molar-refractivity contribution is 0.0907. The molecule has 0 fully saturated rings. The number of benzene rings is 1. The first-order valence-corrected chi connectivity index (χ1v) is 9.85. The lowest BCUT2D eigenvalue weighted by atomic mass is 9.77. The van der Waals surface area contributed by atoms with Gasteiger partial charge in [-0.2, -0.15) is 0 Å². The number of carbonyl (C=O) groups is 1. The van der Waals surface area contributed by atoms with E-state index in [0.717, 1.165) is 11.1 Å². The fraction of sp³-hybridized carbons (Fsp3) is 0.591. The molecule has 0 spiro atoms. The van der Waals surface area contributed by atoms with E-state index in [1.54, 1.807) is 0 Å². The highest BCUT2D eigenvalue weighted by atomic mass is 31.0. The normalized spacial score (nSPS) is 14.5. The van der Waals surface area contributed by atoms with Crippen molar-refractivity contribution in [2.24, 2.45) is 11.8 Å². The molecule has 0 amide bonds. The topological polar surface area (TPSA) is 37.3 Å². The molecular weight excluding hydrogens is 338 g/mol. The molecule has 0 bridgehead atoms. The minimum Gasteiger partial charge on any atom is -0.507 e. The summed E-state index contributed by atoms with van der Waals surface area (Å²) >= 11 is 0. The highest BCUT2D eigenvalue weighted by molar-refractivity contribution is 7.20. The standard InChI is InChI=1S/C21H33O2P.CH3B/c1-13(9-10-24)14(2)18(22)15-11-16(20(3,4)5)19(23)17(12-15)21(6,7)8;1-2/h9-14,23H,24H2,1-8H3;1H3/b10-9+;. The number of allylic oxidation sites excluding steroid dienone is 1. The second kappa shape index (κ2) is 9.74. The summed E-state index contributed by atoms with van der Waals surface area (Å²) in [7, 11) is 7.06. The van der Waals surface area contributed by atoms with E-state index in [0.29, 0.717) is 11.3 Å². The van der Waals surface area contributed by atoms with Crippen LogP contribution < -0.4 is 0 Å². The number of ketones is 1. The number of phenolic OH excluding ortho intramolecular Hbond substituents is 1. The highest BCUT2D eigenvalue weighted by Gasteiger charge is 2.29. The van der Waals surface area contributed by atoms with Crippen LogP contribution in [-0.2, 0) is 10.8 Å². The fourth-order valence-corrected chi connectivity index (χ4v) is 3.11. The van der Waals surface area contributed by atoms with Crippen LogP contribution in [0.4, 0.5) is 0 Å². The van der Waals surface area contributed by atoms with E-state index in [1.165, 1.54) is 6.82 Å². The molecule has 2 nitrogen and oxygen atoms in total. The molecule has 0 aliphatic carbocycles. The van der Waals surface area contributed by atoms with Crippen LogP contribution in [0.2, 0.25) is 6.82 Å². The quantitative estimate of drug-likeness (QED) is 0.397. The summed E-state index contributed by atoms with van der Waals surface area (Å²) in [5, 5.41) is 10.8. The van der Waals surface area contributed by atoms with Crippen LogP contribution in [0.15, 0.2) is 24.0 Å². The second-order valence-electron chi connectivity index (χ2n) is 8.82. The Kier molecular flexibility index (Phi) is 9.34. The number of aromatic hydroxyl groups is 1. The Labute approximate surface area is 164 Å². The number of phenols is 1. The van der Waals surface area contributed by atoms with E-state index in [2.05, 4.69) is 65.6 Å². The zero-order valence-corrected chi connectivity index (χ0v) is 19.1. The van der Waals surface area contributed by atoms with Gasteiger partial charge in [0.05, 0.1) is 7.85 Å². The molecule has 0 heterocycles. The van der Waals surface area contributed by atoms with E-state index >= 15 is 0 Å². The van der Waals surface area contributed by atoms with Crippen LogP contribution in [0, 0.1) is 11.8 Å². The third-order valence-corrected chi connectivity index (χ3v) is 4.85. The van der Waals surface area contributed by atoms with E-state index < -0.39 is 0 Å². The SMILES string of the molecule is CC(/C=C/P)C(C)C(=O)c1cc(C(C)(C)C)c(O)c(C(C)(C)C)c1.[B]C. The number of hydrogen-bond acceptors (Lipinski definition) is 2. The first kappa shape index (κ1) is 24.9. The lowest BCUT2D eigenvalue weighted by Gasteiger charge is -2.28. The minimum atomic E-state index is -0.227. The molecule has 3 unspecified atom stereocenters. The van der Waals surface area contributed by atoms with Crippen molar-refractivity contribution in [2.45, 2.75) is 73.0 Å². The van der Waals surface area contributed by atoms with E-state index in [9.17, 15) is 9.90 Å². The maximum atomic E-state index is 13.0. The fourth-order valence-electron chi connectivity index (χ4n) is 2.76. The number of carbonyl (C=O) groups excluding carboxylic acids is 1. The number of Topliss-reactive ketones (excluding diaryl/α,β-unsaturated/α-hetero) is 1. The van der Waals surface area contributed by atoms with E-state index in [1.807, 2.05) is 30.9 Å². The molecule has 144 valence electrons. The van der Waals surface area contributed by atoms with Crippen molar-refractivity contribution < 1.29 is 9.90 Å². The third-order valence-electron chi connectivity index (χ3n) is 4.63. The van der Waals surface area contributed by atoms with Crippen LogP contribution >= 0.6 is 9.24 Å². The van der Waals surface area contributed by atoms with Crippen molar-refractivity contribution in [1.82, 2.24) is 0 Å². The van der Waals surface area contributed by atoms with Crippen LogP contribution in [-0.4, -0.2) is 18.7 Å². The van der Waals surface area contributed by atoms with Gasteiger partial charge < -0.3 is 5.11 Å². The van der Waals surface area contributed by atoms with Gasteiger partial charge in [-0.15, -0.1) is 9.24 Å². The molecule has 1 aromatic carbocycles. The third kappa shape index (κ3) is 6.27. The van der Waals surface area contributed by atoms with Gasteiger partial charge in [-0.3, -0.25) is 4.79 Å². The molecule has 1 N–H and O–H groups in total. The van der Waals surface area contributed by atoms with Crippen molar-refractivity contribution in [3.8, 4) is 5.75 Å². The average Bonchev–Trinajstić information content (AvgIpc) is 2.53. The molecule has 0 aliphatic rings. The van der Waals surface area contributed by atoms with Crippen LogP contribution in [0.1, 0.15) is 76.9 Å². The summed E-state index contributed by atoms with van der Waals surface area (Å²) < 4.78 is 0. The van der Waals surface area contributed by atoms with Gasteiger partial charge in [0.25, 0.3) is 0 Å². The van der Waals surface area contributed by atoms with Gasteiger partial charge in [0.15, 0.2) is 5.78 Å². The zero-order valence-electron chi connectivity index (χ0n) is 18.0. The maximum Gasteiger partial charge on any atom is 0.166 e. The van der Waals surface area contributed by atoms with Crippen molar-refractivity contribution in [3.63, 3.8) is 0 Å². The summed E-state index contributed by atoms with van der Waals surface area (Å²) in [6, 6.07) is 3.75. The molecule has 1 rings (SSSR count). The Morgan fingerprint density at radius 1 is 1.04 bits per heavy atom. The average molecular weight is 374 g/mol. The highest BCUT2D eigenvalue weighted by Crippen LogP contribution is 2.40. The summed E-state index contributed by atoms with van der Waals surface area (Å²) in [6.45, 7) is 17.9. The van der Waals surface area contributed by atoms with Gasteiger partial charge in [0, 0.05) is 22.6 Å². The lowest BCUT2D eigenvalue weighted by Crippen LogP contribution is -2.22. The Morgan fingerprint density at radius 3 is 1.73 bits per heavy atom. The minimum absolute atomic E-state index is 0.105. The van der Waals surface area contributed by atoms with Crippen molar-refractivity contribution in [1.29, 1.82) is 0 Å². The van der Waals surface area contributed by atoms with E-state index in [4.69, 9.17) is 0 Å². The molecule has 0 saturated carbocycles. The molecule has 0 aromatic heterocycles. The monoisotopic (exact) mass is 374 g/mol. The van der Waals surface area contributed by atoms with Crippen molar-refractivity contribution in [2.75, 3.05) is 0 Å². The predicted molar refractivity (Wildman–Crippen MR) is 119 cm³/mol. The summed E-state index contributed by atoms with van der Waals surface area (Å²) in [6.07, 6.45) is 2.03. The van der Waals surface area contributed by atoms with Gasteiger partial charge in [-0.1, -0.05) is 74.1 Å². The Balaban J connectivity index is 0.00000301. The van der Waals surface area contributed by atoms with Crippen molar-refractivity contribution in [3.05, 3.63) is 40.7 Å². The molecule has 1 aromatic rings. The van der Waals surface area contributed by atoms with Crippen LogP contribution in [0.5, 0.6) is 5.75 Å². The van der Waals surface area contributed by atoms with Gasteiger partial charge >= 0.3 is 0 Å². The summed E-state index contributed by atoms with van der Waals surface area (Å²) in [4.78, 5) is 13.0. The molecule has 0 aliphatic heterocycles. The van der Waals surface area contributed by atoms with Gasteiger partial charge in [-0.05, 0) is 28.9 Å². The van der Waals surface area contributed by atoms with Crippen molar-refractivity contribution >= 4 is 22.9 Å². The predicted octanol–water partition coefficient (Wildman–Crippen LogP) is 6.03. The molecule has 26 heavy (non-hydrogen) atoms. The Bertz CT molecular complexity index is 602. The number of hydrogen-bond donors (Lipinski definition) is 1. The largest absolute Gasteiger partial charge is 0.507 e. The molecular formula is C22H36BO2P. The van der Waals surface area contributed by atoms with Crippen LogP contribution in [0.3, 0.4) is 0 Å². The summed E-state index contributed by atoms with van der Waals surface area (Å²) in [5.41, 5.74) is 1.91.